The van der Waals surface area contributed by atoms with Crippen LogP contribution in [0.4, 0.5) is 0 Å². The van der Waals surface area contributed by atoms with E-state index >= 15 is 0 Å². The topological polar surface area (TPSA) is 54.9 Å². The average Bonchev–Trinajstić information content (AvgIpc) is 2.29. The Morgan fingerprint density at radius 2 is 2.20 bits per heavy atom. The Morgan fingerprint density at radius 1 is 1.53 bits per heavy atom. The molecule has 0 aliphatic carbocycles. The second-order valence-electron chi connectivity index (χ2n) is 2.44. The summed E-state index contributed by atoms with van der Waals surface area (Å²) in [5.74, 6) is -0.0516. The van der Waals surface area contributed by atoms with Crippen LogP contribution in [-0.2, 0) is 11.3 Å². The molecule has 0 aliphatic rings. The van der Waals surface area contributed by atoms with Gasteiger partial charge in [-0.3, -0.25) is 4.79 Å². The number of amides is 1. The van der Waals surface area contributed by atoms with Crippen LogP contribution < -0.4 is 5.32 Å². The summed E-state index contributed by atoms with van der Waals surface area (Å²) in [6.45, 7) is 5.95. The lowest BCUT2D eigenvalue weighted by atomic mass is 10.4. The Morgan fingerprint density at radius 3 is 2.73 bits per heavy atom. The minimum atomic E-state index is -0.0516. The summed E-state index contributed by atoms with van der Waals surface area (Å²) in [5.41, 5.74) is 0.828. The zero-order valence-corrected chi connectivity index (χ0v) is 10.4. The van der Waals surface area contributed by atoms with Crippen molar-refractivity contribution in [3.05, 3.63) is 18.0 Å². The van der Waals surface area contributed by atoms with E-state index in [1.807, 2.05) is 20.1 Å². The Balaban J connectivity index is 0.000000921. The fourth-order valence-electron chi connectivity index (χ4n) is 0.788. The second kappa shape index (κ2) is 8.23. The van der Waals surface area contributed by atoms with Gasteiger partial charge in [0.05, 0.1) is 12.2 Å². The molecule has 1 aromatic rings. The van der Waals surface area contributed by atoms with Crippen molar-refractivity contribution in [3.8, 4) is 0 Å². The summed E-state index contributed by atoms with van der Waals surface area (Å²) in [6, 6.07) is 1.79. The van der Waals surface area contributed by atoms with Crippen LogP contribution >= 0.6 is 11.8 Å². The second-order valence-corrected chi connectivity index (χ2v) is 3.22. The monoisotopic (exact) mass is 227 g/mol. The first-order valence-corrected chi connectivity index (χ1v) is 6.05. The summed E-state index contributed by atoms with van der Waals surface area (Å²) >= 11 is 1.48. The summed E-state index contributed by atoms with van der Waals surface area (Å²) < 4.78 is 0. The highest BCUT2D eigenvalue weighted by molar-refractivity contribution is 7.98. The quantitative estimate of drug-likeness (QED) is 0.632. The van der Waals surface area contributed by atoms with Crippen molar-refractivity contribution in [1.29, 1.82) is 0 Å². The summed E-state index contributed by atoms with van der Waals surface area (Å²) in [5, 5.41) is 3.40. The molecule has 0 radical (unpaired) electrons. The number of carbonyl (C=O) groups is 1. The highest BCUT2D eigenvalue weighted by Gasteiger charge is 1.98. The molecule has 0 unspecified atom stereocenters. The van der Waals surface area contributed by atoms with Gasteiger partial charge in [0.15, 0.2) is 5.16 Å². The molecule has 0 saturated heterocycles. The van der Waals surface area contributed by atoms with Crippen LogP contribution in [0.15, 0.2) is 17.4 Å². The number of aromatic nitrogens is 2. The van der Waals surface area contributed by atoms with Crippen LogP contribution in [0.5, 0.6) is 0 Å². The maximum atomic E-state index is 10.6. The van der Waals surface area contributed by atoms with Crippen LogP contribution in [0, 0.1) is 0 Å². The smallest absolute Gasteiger partial charge is 0.217 e. The fraction of sp³-hybridized carbons (Fsp3) is 0.500. The number of hydrogen-bond donors (Lipinski definition) is 1. The van der Waals surface area contributed by atoms with E-state index in [0.29, 0.717) is 6.54 Å². The largest absolute Gasteiger partial charge is 0.351 e. The van der Waals surface area contributed by atoms with E-state index in [0.717, 1.165) is 10.9 Å². The predicted molar refractivity (Wildman–Crippen MR) is 62.7 cm³/mol. The third kappa shape index (κ3) is 6.06. The summed E-state index contributed by atoms with van der Waals surface area (Å²) in [6.07, 6.45) is 3.60. The zero-order chi connectivity index (χ0) is 11.7. The molecule has 1 N–H and O–H groups in total. The van der Waals surface area contributed by atoms with E-state index in [1.54, 1.807) is 12.3 Å². The van der Waals surface area contributed by atoms with Gasteiger partial charge < -0.3 is 5.32 Å². The van der Waals surface area contributed by atoms with Gasteiger partial charge in [0.25, 0.3) is 0 Å². The van der Waals surface area contributed by atoms with Gasteiger partial charge in [-0.2, -0.15) is 0 Å². The molecule has 5 heteroatoms. The first-order valence-electron chi connectivity index (χ1n) is 4.82. The molecule has 1 aromatic heterocycles. The van der Waals surface area contributed by atoms with Crippen LogP contribution in [0.2, 0.25) is 0 Å². The number of thioether (sulfide) groups is 1. The average molecular weight is 227 g/mol. The third-order valence-corrected chi connectivity index (χ3v) is 1.95. The fourth-order valence-corrected chi connectivity index (χ4v) is 1.16. The molecule has 4 nitrogen and oxygen atoms in total. The third-order valence-electron chi connectivity index (χ3n) is 1.39. The molecule has 0 spiro atoms. The van der Waals surface area contributed by atoms with E-state index in [-0.39, 0.29) is 5.91 Å². The van der Waals surface area contributed by atoms with E-state index < -0.39 is 0 Å². The highest BCUT2D eigenvalue weighted by Crippen LogP contribution is 2.06. The molecule has 84 valence electrons. The molecule has 0 aromatic carbocycles. The minimum absolute atomic E-state index is 0.0516. The van der Waals surface area contributed by atoms with Crippen molar-refractivity contribution in [1.82, 2.24) is 15.3 Å². The molecule has 0 fully saturated rings. The van der Waals surface area contributed by atoms with E-state index in [9.17, 15) is 4.79 Å². The van der Waals surface area contributed by atoms with Crippen molar-refractivity contribution in [2.45, 2.75) is 32.5 Å². The molecule has 15 heavy (non-hydrogen) atoms. The first-order chi connectivity index (χ1) is 7.22. The van der Waals surface area contributed by atoms with E-state index in [1.165, 1.54) is 18.7 Å². The molecule has 0 atom stereocenters. The van der Waals surface area contributed by atoms with Gasteiger partial charge in [-0.25, -0.2) is 9.97 Å². The van der Waals surface area contributed by atoms with Gasteiger partial charge in [-0.15, -0.1) is 0 Å². The number of nitrogens with zero attached hydrogens (tertiary/aromatic N) is 2. The van der Waals surface area contributed by atoms with E-state index in [2.05, 4.69) is 15.3 Å². The van der Waals surface area contributed by atoms with Crippen molar-refractivity contribution in [2.24, 2.45) is 0 Å². The van der Waals surface area contributed by atoms with E-state index in [4.69, 9.17) is 0 Å². The Hall–Kier alpha value is -1.10. The minimum Gasteiger partial charge on any atom is -0.351 e. The molecule has 0 saturated carbocycles. The Bertz CT molecular complexity index is 304. The van der Waals surface area contributed by atoms with Crippen LogP contribution in [-0.4, -0.2) is 22.1 Å². The first kappa shape index (κ1) is 13.9. The number of rotatable bonds is 3. The number of carbonyl (C=O) groups excluding carboxylic acids is 1. The lowest BCUT2D eigenvalue weighted by molar-refractivity contribution is -0.119. The van der Waals surface area contributed by atoms with Gasteiger partial charge in [0, 0.05) is 13.1 Å². The Kier molecular flexibility index (Phi) is 7.62. The van der Waals surface area contributed by atoms with Gasteiger partial charge in [0.1, 0.15) is 0 Å². The SMILES string of the molecule is CC.CSc1nccc(CNC(C)=O)n1. The number of hydrogen-bond acceptors (Lipinski definition) is 4. The lowest BCUT2D eigenvalue weighted by Crippen LogP contribution is -2.19. The summed E-state index contributed by atoms with van der Waals surface area (Å²) in [7, 11) is 0. The van der Waals surface area contributed by atoms with Gasteiger partial charge >= 0.3 is 0 Å². The molecular weight excluding hydrogens is 210 g/mol. The molecule has 1 rings (SSSR count). The molecule has 0 aliphatic heterocycles. The molecule has 0 bridgehead atoms. The maximum absolute atomic E-state index is 10.6. The summed E-state index contributed by atoms with van der Waals surface area (Å²) in [4.78, 5) is 18.8. The van der Waals surface area contributed by atoms with Crippen LogP contribution in [0.1, 0.15) is 26.5 Å². The maximum Gasteiger partial charge on any atom is 0.217 e. The van der Waals surface area contributed by atoms with Crippen molar-refractivity contribution >= 4 is 17.7 Å². The molecule has 1 amide bonds. The standard InChI is InChI=1S/C8H11N3OS.C2H6/c1-6(12)10-5-7-3-4-9-8(11-7)13-2;1-2/h3-4H,5H2,1-2H3,(H,10,12);1-2H3. The van der Waals surface area contributed by atoms with Gasteiger partial charge in [-0.05, 0) is 12.3 Å². The number of nitrogens with one attached hydrogen (secondary N) is 1. The van der Waals surface area contributed by atoms with Crippen LogP contribution in [0.25, 0.3) is 0 Å². The van der Waals surface area contributed by atoms with Crippen LogP contribution in [0.3, 0.4) is 0 Å². The lowest BCUT2D eigenvalue weighted by Gasteiger charge is -2.01. The van der Waals surface area contributed by atoms with Crippen molar-refractivity contribution in [2.75, 3.05) is 6.26 Å². The van der Waals surface area contributed by atoms with Crippen molar-refractivity contribution in [3.63, 3.8) is 0 Å². The van der Waals surface area contributed by atoms with Gasteiger partial charge in [-0.1, -0.05) is 25.6 Å². The highest BCUT2D eigenvalue weighted by atomic mass is 32.2. The normalized spacial score (nSPS) is 8.80. The zero-order valence-electron chi connectivity index (χ0n) is 9.57. The molecular formula is C10H17N3OS. The molecule has 1 heterocycles. The van der Waals surface area contributed by atoms with Crippen molar-refractivity contribution < 1.29 is 4.79 Å². The van der Waals surface area contributed by atoms with Gasteiger partial charge in [0.2, 0.25) is 5.91 Å². The Labute approximate surface area is 94.9 Å². The predicted octanol–water partition coefficient (Wildman–Crippen LogP) is 1.86.